The predicted octanol–water partition coefficient (Wildman–Crippen LogP) is 2.61. The van der Waals surface area contributed by atoms with E-state index in [9.17, 15) is 19.5 Å². The molecule has 188 valence electrons. The summed E-state index contributed by atoms with van der Waals surface area (Å²) in [6.45, 7) is 4.30. The molecule has 0 heterocycles. The smallest absolute Gasteiger partial charge is 0.306 e. The molecule has 0 aromatic carbocycles. The number of nitrogens with zero attached hydrogens (tertiary/aromatic N) is 1. The summed E-state index contributed by atoms with van der Waals surface area (Å²) < 4.78 is 16.5. The Morgan fingerprint density at radius 2 is 1.41 bits per heavy atom. The molecule has 0 saturated heterocycles. The van der Waals surface area contributed by atoms with Crippen molar-refractivity contribution in [1.82, 2.24) is 0 Å². The monoisotopic (exact) mass is 459 g/mol. The summed E-state index contributed by atoms with van der Waals surface area (Å²) in [5.41, 5.74) is 0. The third-order valence-corrected chi connectivity index (χ3v) is 5.24. The summed E-state index contributed by atoms with van der Waals surface area (Å²) in [5.74, 6) is -1.79. The van der Waals surface area contributed by atoms with E-state index in [4.69, 9.17) is 14.2 Å². The minimum atomic E-state index is -1.13. The van der Waals surface area contributed by atoms with E-state index in [2.05, 4.69) is 6.92 Å². The largest absolute Gasteiger partial charge is 0.544 e. The van der Waals surface area contributed by atoms with Crippen molar-refractivity contribution >= 4 is 17.9 Å². The van der Waals surface area contributed by atoms with Crippen LogP contribution in [0.4, 0.5) is 0 Å². The van der Waals surface area contributed by atoms with Crippen LogP contribution in [0.2, 0.25) is 0 Å². The van der Waals surface area contributed by atoms with E-state index in [-0.39, 0.29) is 42.7 Å². The number of carbonyl (C=O) groups is 3. The molecule has 0 amide bonds. The normalized spacial score (nSPS) is 13.4. The maximum Gasteiger partial charge on any atom is 0.306 e. The second kappa shape index (κ2) is 17.8. The second-order valence-corrected chi connectivity index (χ2v) is 9.23. The summed E-state index contributed by atoms with van der Waals surface area (Å²) in [4.78, 5) is 35.4. The van der Waals surface area contributed by atoms with Gasteiger partial charge >= 0.3 is 11.9 Å². The topological polar surface area (TPSA) is 102 Å². The fourth-order valence-corrected chi connectivity index (χ4v) is 3.22. The van der Waals surface area contributed by atoms with Crippen molar-refractivity contribution in [3.63, 3.8) is 0 Å². The molecule has 0 fully saturated rings. The number of carboxylic acid groups (broad SMARTS) is 1. The van der Waals surface area contributed by atoms with E-state index in [0.29, 0.717) is 12.8 Å². The van der Waals surface area contributed by atoms with Crippen LogP contribution in [0.5, 0.6) is 0 Å². The Kier molecular flexibility index (Phi) is 16.9. The van der Waals surface area contributed by atoms with Gasteiger partial charge in [-0.05, 0) is 12.8 Å². The molecule has 0 aliphatic rings. The minimum Gasteiger partial charge on any atom is -0.544 e. The third-order valence-electron chi connectivity index (χ3n) is 5.24. The third kappa shape index (κ3) is 16.0. The van der Waals surface area contributed by atoms with Crippen LogP contribution in [0.3, 0.4) is 0 Å². The number of aliphatic carboxylic acids is 1. The summed E-state index contributed by atoms with van der Waals surface area (Å²) >= 11 is 0. The van der Waals surface area contributed by atoms with Gasteiger partial charge in [-0.1, -0.05) is 52.4 Å². The highest BCUT2D eigenvalue weighted by atomic mass is 16.6. The molecule has 8 heteroatoms. The number of hydrogen-bond donors (Lipinski definition) is 0. The van der Waals surface area contributed by atoms with Gasteiger partial charge < -0.3 is 28.6 Å². The lowest BCUT2D eigenvalue weighted by atomic mass is 10.1. The zero-order valence-corrected chi connectivity index (χ0v) is 20.9. The van der Waals surface area contributed by atoms with Crippen molar-refractivity contribution in [2.24, 2.45) is 0 Å². The number of carbonyl (C=O) groups excluding carboxylic acids is 3. The number of carboxylic acids is 1. The lowest BCUT2D eigenvalue weighted by Crippen LogP contribution is -2.55. The average Bonchev–Trinajstić information content (AvgIpc) is 2.71. The van der Waals surface area contributed by atoms with Crippen molar-refractivity contribution in [2.45, 2.75) is 96.6 Å². The Morgan fingerprint density at radius 1 is 0.812 bits per heavy atom. The van der Waals surface area contributed by atoms with Crippen LogP contribution in [0, 0.1) is 0 Å². The molecule has 0 N–H and O–H groups in total. The number of hydrogen-bond acceptors (Lipinski definition) is 7. The van der Waals surface area contributed by atoms with Gasteiger partial charge in [0.1, 0.15) is 12.6 Å². The molecule has 0 aliphatic heterocycles. The van der Waals surface area contributed by atoms with E-state index in [0.717, 1.165) is 32.1 Å². The number of unbranched alkanes of at least 4 members (excludes halogenated alkanes) is 6. The Hall–Kier alpha value is -1.67. The van der Waals surface area contributed by atoms with Gasteiger partial charge in [0.2, 0.25) is 0 Å². The quantitative estimate of drug-likeness (QED) is 0.157. The van der Waals surface area contributed by atoms with Crippen LogP contribution in [-0.2, 0) is 28.6 Å². The van der Waals surface area contributed by atoms with Crippen LogP contribution in [0.1, 0.15) is 84.5 Å². The first kappa shape index (κ1) is 30.3. The van der Waals surface area contributed by atoms with Crippen LogP contribution in [0.15, 0.2) is 0 Å². The van der Waals surface area contributed by atoms with Crippen LogP contribution < -0.4 is 5.11 Å². The zero-order valence-electron chi connectivity index (χ0n) is 20.9. The van der Waals surface area contributed by atoms with Gasteiger partial charge in [-0.3, -0.25) is 9.59 Å². The minimum absolute atomic E-state index is 0.0419. The number of likely N-dealkylation sites (N-methyl/N-ethyl adjacent to an activating group) is 1. The Bertz CT molecular complexity index is 531. The Balaban J connectivity index is 4.54. The van der Waals surface area contributed by atoms with Gasteiger partial charge in [0.05, 0.1) is 40.3 Å². The summed E-state index contributed by atoms with van der Waals surface area (Å²) in [6.07, 6.45) is 8.26. The highest BCUT2D eigenvalue weighted by Gasteiger charge is 2.25. The predicted molar refractivity (Wildman–Crippen MR) is 121 cm³/mol. The fourth-order valence-electron chi connectivity index (χ4n) is 3.22. The van der Waals surface area contributed by atoms with Crippen molar-refractivity contribution in [3.8, 4) is 0 Å². The average molecular weight is 460 g/mol. The molecule has 2 atom stereocenters. The lowest BCUT2D eigenvalue weighted by molar-refractivity contribution is -0.889. The van der Waals surface area contributed by atoms with Gasteiger partial charge in [-0.15, -0.1) is 0 Å². The summed E-state index contributed by atoms with van der Waals surface area (Å²) in [6, 6.07) is -0.712. The van der Waals surface area contributed by atoms with E-state index in [1.54, 1.807) is 21.1 Å². The van der Waals surface area contributed by atoms with Gasteiger partial charge in [0, 0.05) is 19.3 Å². The van der Waals surface area contributed by atoms with Crippen molar-refractivity contribution in [2.75, 3.05) is 41.0 Å². The Morgan fingerprint density at radius 3 is 2.00 bits per heavy atom. The fraction of sp³-hybridized carbons (Fsp3) is 0.875. The Labute approximate surface area is 194 Å². The summed E-state index contributed by atoms with van der Waals surface area (Å²) in [5, 5.41) is 11.4. The van der Waals surface area contributed by atoms with Gasteiger partial charge in [0.15, 0.2) is 6.10 Å². The van der Waals surface area contributed by atoms with Gasteiger partial charge in [0.25, 0.3) is 0 Å². The molecule has 0 saturated carbocycles. The van der Waals surface area contributed by atoms with E-state index in [1.165, 1.54) is 19.3 Å². The number of ether oxygens (including phenoxy) is 3. The van der Waals surface area contributed by atoms with Crippen LogP contribution >= 0.6 is 0 Å². The number of quaternary nitrogens is 1. The zero-order chi connectivity index (χ0) is 24.4. The maximum absolute atomic E-state index is 12.2. The standard InChI is InChI=1S/C24H45NO7/c1-6-8-10-11-12-13-15-23(27)32-20(19-31-22(26)14-9-7-2)18-30-17-16-21(24(28)29)25(3,4)5/h20-21H,6-19H2,1-5H3. The molecule has 0 spiro atoms. The first-order valence-electron chi connectivity index (χ1n) is 12.1. The van der Waals surface area contributed by atoms with Crippen molar-refractivity contribution in [3.05, 3.63) is 0 Å². The lowest BCUT2D eigenvalue weighted by Gasteiger charge is -2.34. The molecular weight excluding hydrogens is 414 g/mol. The number of rotatable bonds is 20. The molecule has 8 nitrogen and oxygen atoms in total. The highest BCUT2D eigenvalue weighted by molar-refractivity contribution is 5.70. The van der Waals surface area contributed by atoms with Gasteiger partial charge in [-0.2, -0.15) is 0 Å². The van der Waals surface area contributed by atoms with E-state index >= 15 is 0 Å². The SMILES string of the molecule is CCCCCCCCC(=O)OC(COCCC(C(=O)[O-])[N+](C)(C)C)COC(=O)CCCC. The molecule has 2 unspecified atom stereocenters. The molecule has 0 aromatic heterocycles. The van der Waals surface area contributed by atoms with Gasteiger partial charge in [-0.25, -0.2) is 0 Å². The molecule has 32 heavy (non-hydrogen) atoms. The second-order valence-electron chi connectivity index (χ2n) is 9.23. The van der Waals surface area contributed by atoms with Crippen molar-refractivity contribution in [1.29, 1.82) is 0 Å². The molecule has 0 radical (unpaired) electrons. The van der Waals surface area contributed by atoms with Crippen LogP contribution in [0.25, 0.3) is 0 Å². The van der Waals surface area contributed by atoms with Crippen LogP contribution in [-0.4, -0.2) is 75.5 Å². The van der Waals surface area contributed by atoms with E-state index in [1.807, 2.05) is 6.92 Å². The first-order chi connectivity index (χ1) is 15.1. The molecular formula is C24H45NO7. The highest BCUT2D eigenvalue weighted by Crippen LogP contribution is 2.10. The summed E-state index contributed by atoms with van der Waals surface area (Å²) in [7, 11) is 5.34. The number of esters is 2. The maximum atomic E-state index is 12.2. The van der Waals surface area contributed by atoms with Crippen molar-refractivity contribution < 1.29 is 38.2 Å². The molecule has 0 rings (SSSR count). The molecule has 0 aliphatic carbocycles. The molecule has 0 bridgehead atoms. The first-order valence-corrected chi connectivity index (χ1v) is 12.1. The van der Waals surface area contributed by atoms with E-state index < -0.39 is 18.1 Å². The molecule has 0 aromatic rings.